The lowest BCUT2D eigenvalue weighted by molar-refractivity contribution is 0.0979. The normalized spacial score (nSPS) is 9.89. The number of Topliss-reactive ketones (excluding diaryl/α,β-unsaturated/α-hetero) is 1. The van der Waals surface area contributed by atoms with Crippen LogP contribution in [0.4, 0.5) is 0 Å². The van der Waals surface area contributed by atoms with Crippen LogP contribution in [0.3, 0.4) is 0 Å². The highest BCUT2D eigenvalue weighted by Gasteiger charge is 2.17. The van der Waals surface area contributed by atoms with E-state index in [-0.39, 0.29) is 5.78 Å². The van der Waals surface area contributed by atoms with Crippen LogP contribution < -0.4 is 14.2 Å². The van der Waals surface area contributed by atoms with Crippen molar-refractivity contribution in [2.45, 2.75) is 19.8 Å². The largest absolute Gasteiger partial charge is 0.496 e. The second-order valence-corrected chi connectivity index (χ2v) is 4.29. The molecule has 0 atom stereocenters. The van der Waals surface area contributed by atoms with Gasteiger partial charge in [-0.15, -0.1) is 6.58 Å². The number of benzene rings is 1. The Labute approximate surface area is 114 Å². The fraction of sp³-hybridized carbons (Fsp3) is 0.400. The molecule has 4 heteroatoms. The molecule has 0 spiro atoms. The molecule has 19 heavy (non-hydrogen) atoms. The lowest BCUT2D eigenvalue weighted by atomic mass is 10.0. The van der Waals surface area contributed by atoms with Gasteiger partial charge in [-0.05, 0) is 19.4 Å². The van der Waals surface area contributed by atoms with Gasteiger partial charge in [-0.3, -0.25) is 4.79 Å². The van der Waals surface area contributed by atoms with Gasteiger partial charge in [0.25, 0.3) is 0 Å². The molecule has 104 valence electrons. The minimum atomic E-state index is 0.000744. The number of carbonyl (C=O) groups is 1. The smallest absolute Gasteiger partial charge is 0.167 e. The Morgan fingerprint density at radius 1 is 1.00 bits per heavy atom. The molecule has 0 heterocycles. The van der Waals surface area contributed by atoms with Crippen molar-refractivity contribution in [3.05, 3.63) is 29.8 Å². The van der Waals surface area contributed by atoms with E-state index in [0.717, 1.165) is 5.57 Å². The quantitative estimate of drug-likeness (QED) is 0.560. The lowest BCUT2D eigenvalue weighted by Crippen LogP contribution is -2.04. The fourth-order valence-electron chi connectivity index (χ4n) is 1.71. The predicted molar refractivity (Wildman–Crippen MR) is 74.5 cm³/mol. The minimum absolute atomic E-state index is 0.000744. The molecule has 4 nitrogen and oxygen atoms in total. The maximum Gasteiger partial charge on any atom is 0.167 e. The Morgan fingerprint density at radius 3 is 2.00 bits per heavy atom. The fourth-order valence-corrected chi connectivity index (χ4v) is 1.71. The molecule has 0 amide bonds. The Hall–Kier alpha value is -1.97. The first-order chi connectivity index (χ1) is 9.03. The molecular weight excluding hydrogens is 244 g/mol. The van der Waals surface area contributed by atoms with Crippen LogP contribution in [0.1, 0.15) is 30.1 Å². The standard InChI is InChI=1S/C15H20O4/c1-10(2)6-7-12(16)11-8-14(18-4)15(19-5)9-13(11)17-3/h8-9H,1,6-7H2,2-5H3. The summed E-state index contributed by atoms with van der Waals surface area (Å²) in [4.78, 5) is 12.2. The van der Waals surface area contributed by atoms with Crippen molar-refractivity contribution in [3.63, 3.8) is 0 Å². The highest BCUT2D eigenvalue weighted by atomic mass is 16.5. The maximum atomic E-state index is 12.2. The maximum absolute atomic E-state index is 12.2. The van der Waals surface area contributed by atoms with Crippen molar-refractivity contribution in [1.82, 2.24) is 0 Å². The van der Waals surface area contributed by atoms with E-state index in [1.807, 2.05) is 6.92 Å². The molecule has 0 aliphatic carbocycles. The van der Waals surface area contributed by atoms with E-state index in [1.165, 1.54) is 14.2 Å². The number of carbonyl (C=O) groups excluding carboxylic acids is 1. The van der Waals surface area contributed by atoms with E-state index in [0.29, 0.717) is 35.7 Å². The van der Waals surface area contributed by atoms with Crippen molar-refractivity contribution >= 4 is 5.78 Å². The summed E-state index contributed by atoms with van der Waals surface area (Å²) in [5.74, 6) is 1.54. The number of allylic oxidation sites excluding steroid dienone is 1. The van der Waals surface area contributed by atoms with Gasteiger partial charge >= 0.3 is 0 Å². The van der Waals surface area contributed by atoms with Crippen molar-refractivity contribution in [3.8, 4) is 17.2 Å². The molecule has 1 rings (SSSR count). The van der Waals surface area contributed by atoms with E-state index in [4.69, 9.17) is 14.2 Å². The zero-order valence-electron chi connectivity index (χ0n) is 11.9. The second kappa shape index (κ2) is 6.83. The van der Waals surface area contributed by atoms with Crippen LogP contribution in [0.5, 0.6) is 17.2 Å². The number of methoxy groups -OCH3 is 3. The SMILES string of the molecule is C=C(C)CCC(=O)c1cc(OC)c(OC)cc1OC. The van der Waals surface area contributed by atoms with E-state index >= 15 is 0 Å². The lowest BCUT2D eigenvalue weighted by Gasteiger charge is -2.13. The molecule has 0 aromatic heterocycles. The average molecular weight is 264 g/mol. The van der Waals surface area contributed by atoms with Crippen molar-refractivity contribution in [2.75, 3.05) is 21.3 Å². The van der Waals surface area contributed by atoms with Crippen molar-refractivity contribution in [2.24, 2.45) is 0 Å². The van der Waals surface area contributed by atoms with Gasteiger partial charge in [0.05, 0.1) is 26.9 Å². The van der Waals surface area contributed by atoms with Gasteiger partial charge in [-0.1, -0.05) is 5.57 Å². The minimum Gasteiger partial charge on any atom is -0.496 e. The van der Waals surface area contributed by atoms with Crippen molar-refractivity contribution < 1.29 is 19.0 Å². The van der Waals surface area contributed by atoms with Crippen LogP contribution in [0.25, 0.3) is 0 Å². The van der Waals surface area contributed by atoms with Gasteiger partial charge < -0.3 is 14.2 Å². The summed E-state index contributed by atoms with van der Waals surface area (Å²) in [5.41, 5.74) is 1.48. The summed E-state index contributed by atoms with van der Waals surface area (Å²) in [6.45, 7) is 5.70. The summed E-state index contributed by atoms with van der Waals surface area (Å²) in [6.07, 6.45) is 1.07. The van der Waals surface area contributed by atoms with Crippen LogP contribution in [0, 0.1) is 0 Å². The zero-order chi connectivity index (χ0) is 14.4. The molecule has 0 saturated carbocycles. The van der Waals surface area contributed by atoms with Crippen LogP contribution in [-0.2, 0) is 0 Å². The van der Waals surface area contributed by atoms with E-state index in [9.17, 15) is 4.79 Å². The summed E-state index contributed by atoms with van der Waals surface area (Å²) in [5, 5.41) is 0. The molecule has 0 radical (unpaired) electrons. The van der Waals surface area contributed by atoms with Gasteiger partial charge in [0.1, 0.15) is 5.75 Å². The first-order valence-electron chi connectivity index (χ1n) is 6.01. The summed E-state index contributed by atoms with van der Waals surface area (Å²) in [7, 11) is 4.60. The molecule has 0 unspecified atom stereocenters. The highest BCUT2D eigenvalue weighted by Crippen LogP contribution is 2.35. The number of rotatable bonds is 7. The van der Waals surface area contributed by atoms with Gasteiger partial charge in [0.15, 0.2) is 17.3 Å². The van der Waals surface area contributed by atoms with Gasteiger partial charge in [0.2, 0.25) is 0 Å². The summed E-state index contributed by atoms with van der Waals surface area (Å²) < 4.78 is 15.6. The Balaban J connectivity index is 3.10. The molecule has 0 aliphatic rings. The van der Waals surface area contributed by atoms with Gasteiger partial charge in [-0.25, -0.2) is 0 Å². The average Bonchev–Trinajstić information content (AvgIpc) is 2.42. The summed E-state index contributed by atoms with van der Waals surface area (Å²) in [6, 6.07) is 3.31. The van der Waals surface area contributed by atoms with Crippen molar-refractivity contribution in [1.29, 1.82) is 0 Å². The summed E-state index contributed by atoms with van der Waals surface area (Å²) >= 11 is 0. The monoisotopic (exact) mass is 264 g/mol. The Bertz CT molecular complexity index is 477. The van der Waals surface area contributed by atoms with Crippen LogP contribution in [0.15, 0.2) is 24.3 Å². The first-order valence-corrected chi connectivity index (χ1v) is 6.01. The molecule has 1 aromatic carbocycles. The predicted octanol–water partition coefficient (Wildman–Crippen LogP) is 3.25. The van der Waals surface area contributed by atoms with Crippen LogP contribution in [0.2, 0.25) is 0 Å². The van der Waals surface area contributed by atoms with E-state index in [2.05, 4.69) is 6.58 Å². The molecule has 1 aromatic rings. The van der Waals surface area contributed by atoms with Crippen LogP contribution >= 0.6 is 0 Å². The number of ketones is 1. The van der Waals surface area contributed by atoms with Gasteiger partial charge in [0, 0.05) is 12.5 Å². The number of ether oxygens (including phenoxy) is 3. The third-order valence-corrected chi connectivity index (χ3v) is 2.78. The zero-order valence-corrected chi connectivity index (χ0v) is 11.9. The second-order valence-electron chi connectivity index (χ2n) is 4.29. The molecule has 0 aliphatic heterocycles. The Morgan fingerprint density at radius 2 is 1.53 bits per heavy atom. The topological polar surface area (TPSA) is 44.8 Å². The molecule has 0 fully saturated rings. The molecule has 0 bridgehead atoms. The molecular formula is C15H20O4. The van der Waals surface area contributed by atoms with E-state index < -0.39 is 0 Å². The van der Waals surface area contributed by atoms with E-state index in [1.54, 1.807) is 19.2 Å². The first kappa shape index (κ1) is 15.1. The highest BCUT2D eigenvalue weighted by molar-refractivity contribution is 5.99. The number of hydrogen-bond donors (Lipinski definition) is 0. The van der Waals surface area contributed by atoms with Crippen LogP contribution in [-0.4, -0.2) is 27.1 Å². The van der Waals surface area contributed by atoms with Gasteiger partial charge in [-0.2, -0.15) is 0 Å². The molecule has 0 saturated heterocycles. The third kappa shape index (κ3) is 3.74. The Kier molecular flexibility index (Phi) is 5.42. The number of hydrogen-bond acceptors (Lipinski definition) is 4. The molecule has 0 N–H and O–H groups in total. The third-order valence-electron chi connectivity index (χ3n) is 2.78.